The van der Waals surface area contributed by atoms with Crippen LogP contribution in [0.3, 0.4) is 0 Å². The number of ether oxygens (including phenoxy) is 1. The summed E-state index contributed by atoms with van der Waals surface area (Å²) in [5.74, 6) is 0.513. The Balaban J connectivity index is 2.10. The van der Waals surface area contributed by atoms with Crippen molar-refractivity contribution in [2.45, 2.75) is 52.2 Å². The normalized spacial score (nSPS) is 20.3. The zero-order chi connectivity index (χ0) is 13.0. The van der Waals surface area contributed by atoms with Crippen molar-refractivity contribution in [2.75, 3.05) is 6.61 Å². The maximum atomic E-state index is 12.3. The maximum absolute atomic E-state index is 12.3. The monoisotopic (exact) mass is 249 g/mol. The fraction of sp³-hybridized carbons (Fsp3) is 0.667. The van der Waals surface area contributed by atoms with E-state index in [1.165, 1.54) is 6.42 Å². The fourth-order valence-corrected chi connectivity index (χ4v) is 2.50. The lowest BCUT2D eigenvalue weighted by molar-refractivity contribution is 0.00538. The van der Waals surface area contributed by atoms with E-state index in [1.54, 1.807) is 0 Å². The van der Waals surface area contributed by atoms with Gasteiger partial charge in [-0.05, 0) is 37.7 Å². The van der Waals surface area contributed by atoms with Gasteiger partial charge >= 0.3 is 0 Å². The second-order valence-corrected chi connectivity index (χ2v) is 5.58. The first kappa shape index (κ1) is 13.3. The van der Waals surface area contributed by atoms with Crippen LogP contribution in [0, 0.1) is 5.92 Å². The zero-order valence-corrected chi connectivity index (χ0v) is 11.4. The lowest BCUT2D eigenvalue weighted by atomic mass is 10.0. The lowest BCUT2D eigenvalue weighted by Crippen LogP contribution is -2.31. The first-order chi connectivity index (χ1) is 8.66. The molecule has 0 N–H and O–H groups in total. The van der Waals surface area contributed by atoms with Gasteiger partial charge < -0.3 is 9.30 Å². The van der Waals surface area contributed by atoms with Crippen LogP contribution in [0.1, 0.15) is 38.7 Å². The third kappa shape index (κ3) is 3.45. The molecule has 1 aromatic heterocycles. The second-order valence-electron chi connectivity index (χ2n) is 5.58. The van der Waals surface area contributed by atoms with Gasteiger partial charge in [0, 0.05) is 18.4 Å². The molecule has 0 aromatic carbocycles. The number of hydrogen-bond acceptors (Lipinski definition) is 2. The molecule has 18 heavy (non-hydrogen) atoms. The highest BCUT2D eigenvalue weighted by atomic mass is 16.5. The molecule has 0 amide bonds. The van der Waals surface area contributed by atoms with Gasteiger partial charge in [-0.15, -0.1) is 0 Å². The molecule has 3 nitrogen and oxygen atoms in total. The van der Waals surface area contributed by atoms with Gasteiger partial charge in [-0.1, -0.05) is 19.9 Å². The van der Waals surface area contributed by atoms with E-state index >= 15 is 0 Å². The summed E-state index contributed by atoms with van der Waals surface area (Å²) in [7, 11) is 0. The Bertz CT molecular complexity index is 430. The summed E-state index contributed by atoms with van der Waals surface area (Å²) in [4.78, 5) is 12.3. The third-order valence-corrected chi connectivity index (χ3v) is 3.40. The minimum atomic E-state index is 0.153. The Morgan fingerprint density at radius 3 is 2.94 bits per heavy atom. The zero-order valence-electron chi connectivity index (χ0n) is 11.4. The summed E-state index contributed by atoms with van der Waals surface area (Å²) in [5.41, 5.74) is 1.07. The van der Waals surface area contributed by atoms with Gasteiger partial charge in [-0.2, -0.15) is 0 Å². The van der Waals surface area contributed by atoms with E-state index < -0.39 is 0 Å². The molecule has 0 aliphatic carbocycles. The van der Waals surface area contributed by atoms with E-state index in [0.717, 1.165) is 31.4 Å². The topological polar surface area (TPSA) is 31.2 Å². The highest BCUT2D eigenvalue weighted by Crippen LogP contribution is 2.14. The van der Waals surface area contributed by atoms with E-state index in [2.05, 4.69) is 13.8 Å². The summed E-state index contributed by atoms with van der Waals surface area (Å²) in [5, 5.41) is 0. The van der Waals surface area contributed by atoms with Gasteiger partial charge in [0.25, 0.3) is 5.56 Å². The largest absolute Gasteiger partial charge is 0.376 e. The summed E-state index contributed by atoms with van der Waals surface area (Å²) in [6, 6.07) is 3.92. The highest BCUT2D eigenvalue weighted by molar-refractivity contribution is 5.11. The molecule has 2 heterocycles. The van der Waals surface area contributed by atoms with Crippen molar-refractivity contribution in [3.63, 3.8) is 0 Å². The smallest absolute Gasteiger partial charge is 0.253 e. The lowest BCUT2D eigenvalue weighted by Gasteiger charge is -2.23. The minimum absolute atomic E-state index is 0.153. The Labute approximate surface area is 109 Å². The molecule has 0 spiro atoms. The van der Waals surface area contributed by atoms with E-state index in [1.807, 2.05) is 22.9 Å². The molecule has 0 radical (unpaired) electrons. The first-order valence-electron chi connectivity index (χ1n) is 6.96. The van der Waals surface area contributed by atoms with Crippen molar-refractivity contribution in [3.8, 4) is 0 Å². The molecule has 1 atom stereocenters. The van der Waals surface area contributed by atoms with E-state index in [9.17, 15) is 4.79 Å². The number of pyridine rings is 1. The summed E-state index contributed by atoms with van der Waals surface area (Å²) in [6.07, 6.45) is 6.38. The molecule has 3 heteroatoms. The van der Waals surface area contributed by atoms with Gasteiger partial charge in [0.15, 0.2) is 0 Å². The van der Waals surface area contributed by atoms with Crippen LogP contribution in [0.15, 0.2) is 23.1 Å². The Kier molecular flexibility index (Phi) is 4.59. The molecular formula is C15H23NO2. The fourth-order valence-electron chi connectivity index (χ4n) is 2.50. The van der Waals surface area contributed by atoms with Crippen LogP contribution >= 0.6 is 0 Å². The summed E-state index contributed by atoms with van der Waals surface area (Å²) < 4.78 is 7.51. The van der Waals surface area contributed by atoms with E-state index in [-0.39, 0.29) is 11.7 Å². The molecule has 1 saturated heterocycles. The van der Waals surface area contributed by atoms with Crippen molar-refractivity contribution in [3.05, 3.63) is 34.2 Å². The number of nitrogens with zero attached hydrogens (tertiary/aromatic N) is 1. The summed E-state index contributed by atoms with van der Waals surface area (Å²) in [6.45, 7) is 5.82. The average molecular weight is 249 g/mol. The quantitative estimate of drug-likeness (QED) is 0.821. The molecule has 1 aliphatic rings. The van der Waals surface area contributed by atoms with Crippen LogP contribution in [0.5, 0.6) is 0 Å². The SMILES string of the molecule is CC(C)Cc1cccn(C[C@@H]2CCCCO2)c1=O. The Hall–Kier alpha value is -1.09. The van der Waals surface area contributed by atoms with Gasteiger partial charge in [0.05, 0.1) is 12.6 Å². The second kappa shape index (κ2) is 6.19. The van der Waals surface area contributed by atoms with Crippen LogP contribution in [-0.4, -0.2) is 17.3 Å². The van der Waals surface area contributed by atoms with Crippen LogP contribution < -0.4 is 5.56 Å². The van der Waals surface area contributed by atoms with E-state index in [4.69, 9.17) is 4.74 Å². The number of rotatable bonds is 4. The molecular weight excluding hydrogens is 226 g/mol. The van der Waals surface area contributed by atoms with E-state index in [0.29, 0.717) is 12.5 Å². The molecule has 1 aromatic rings. The average Bonchev–Trinajstić information content (AvgIpc) is 2.35. The van der Waals surface area contributed by atoms with Crippen LogP contribution in [0.4, 0.5) is 0 Å². The van der Waals surface area contributed by atoms with Gasteiger partial charge in [-0.25, -0.2) is 0 Å². The molecule has 1 aliphatic heterocycles. The standard InChI is InChI=1S/C15H23NO2/c1-12(2)10-13-6-5-8-16(15(13)17)11-14-7-3-4-9-18-14/h5-6,8,12,14H,3-4,7,9-11H2,1-2H3/t14-/m0/s1. The molecule has 1 fully saturated rings. The molecule has 0 bridgehead atoms. The molecule has 2 rings (SSSR count). The minimum Gasteiger partial charge on any atom is -0.376 e. The van der Waals surface area contributed by atoms with Crippen molar-refractivity contribution in [1.82, 2.24) is 4.57 Å². The van der Waals surface area contributed by atoms with Crippen molar-refractivity contribution < 1.29 is 4.74 Å². The van der Waals surface area contributed by atoms with Crippen molar-refractivity contribution in [1.29, 1.82) is 0 Å². The van der Waals surface area contributed by atoms with Gasteiger partial charge in [0.2, 0.25) is 0 Å². The predicted molar refractivity (Wildman–Crippen MR) is 72.8 cm³/mol. The Morgan fingerprint density at radius 1 is 1.44 bits per heavy atom. The first-order valence-corrected chi connectivity index (χ1v) is 6.96. The van der Waals surface area contributed by atoms with Crippen LogP contribution in [0.2, 0.25) is 0 Å². The molecule has 100 valence electrons. The van der Waals surface area contributed by atoms with Crippen molar-refractivity contribution >= 4 is 0 Å². The van der Waals surface area contributed by atoms with Gasteiger partial charge in [-0.3, -0.25) is 4.79 Å². The predicted octanol–water partition coefficient (Wildman–Crippen LogP) is 2.62. The molecule has 0 unspecified atom stereocenters. The molecule has 0 saturated carbocycles. The van der Waals surface area contributed by atoms with Crippen molar-refractivity contribution in [2.24, 2.45) is 5.92 Å². The maximum Gasteiger partial charge on any atom is 0.253 e. The summed E-state index contributed by atoms with van der Waals surface area (Å²) >= 11 is 0. The number of hydrogen-bond donors (Lipinski definition) is 0. The Morgan fingerprint density at radius 2 is 2.28 bits per heavy atom. The highest BCUT2D eigenvalue weighted by Gasteiger charge is 2.15. The number of aromatic nitrogens is 1. The third-order valence-electron chi connectivity index (χ3n) is 3.40. The van der Waals surface area contributed by atoms with Crippen LogP contribution in [0.25, 0.3) is 0 Å². The van der Waals surface area contributed by atoms with Crippen LogP contribution in [-0.2, 0) is 17.7 Å². The van der Waals surface area contributed by atoms with Gasteiger partial charge in [0.1, 0.15) is 0 Å².